The van der Waals surface area contributed by atoms with E-state index >= 15 is 0 Å². The lowest BCUT2D eigenvalue weighted by Gasteiger charge is -2.27. The normalized spacial score (nSPS) is 17.6. The van der Waals surface area contributed by atoms with E-state index in [2.05, 4.69) is 5.43 Å². The van der Waals surface area contributed by atoms with Crippen molar-refractivity contribution in [2.45, 2.75) is 9.79 Å². The molecule has 1 fully saturated rings. The monoisotopic (exact) mass is 335 g/mol. The SMILES string of the molecule is CS(=O)(=O)c1ccc(NN)c(S(=O)(=O)N2CCOCC2)c1. The molecule has 118 valence electrons. The van der Waals surface area contributed by atoms with E-state index in [-0.39, 0.29) is 28.6 Å². The fourth-order valence-corrected chi connectivity index (χ4v) is 4.30. The second kappa shape index (κ2) is 5.89. The molecule has 2 rings (SSSR count). The zero-order chi connectivity index (χ0) is 15.7. The molecule has 3 N–H and O–H groups in total. The molecule has 0 unspecified atom stereocenters. The molecule has 1 aliphatic heterocycles. The van der Waals surface area contributed by atoms with Gasteiger partial charge in [-0.2, -0.15) is 4.31 Å². The van der Waals surface area contributed by atoms with Crippen LogP contribution in [0.15, 0.2) is 28.0 Å². The van der Waals surface area contributed by atoms with E-state index in [4.69, 9.17) is 10.6 Å². The second-order valence-corrected chi connectivity index (χ2v) is 8.51. The van der Waals surface area contributed by atoms with Crippen LogP contribution in [0.5, 0.6) is 0 Å². The molecule has 0 saturated carbocycles. The Morgan fingerprint density at radius 3 is 2.33 bits per heavy atom. The molecule has 1 heterocycles. The molecule has 8 nitrogen and oxygen atoms in total. The van der Waals surface area contributed by atoms with Crippen molar-refractivity contribution < 1.29 is 21.6 Å². The number of anilines is 1. The fourth-order valence-electron chi connectivity index (χ4n) is 1.99. The number of ether oxygens (including phenoxy) is 1. The van der Waals surface area contributed by atoms with Crippen LogP contribution in [-0.4, -0.2) is 53.7 Å². The minimum absolute atomic E-state index is 0.0756. The first-order chi connectivity index (χ1) is 9.76. The highest BCUT2D eigenvalue weighted by molar-refractivity contribution is 7.91. The van der Waals surface area contributed by atoms with Crippen molar-refractivity contribution in [3.63, 3.8) is 0 Å². The van der Waals surface area contributed by atoms with Crippen LogP contribution in [0.25, 0.3) is 0 Å². The third-order valence-electron chi connectivity index (χ3n) is 3.12. The standard InChI is InChI=1S/C11H17N3O5S2/c1-20(15,16)9-2-3-10(13-12)11(8-9)21(17,18)14-4-6-19-7-5-14/h2-3,8,13H,4-7,12H2,1H3. The van der Waals surface area contributed by atoms with Gasteiger partial charge in [-0.3, -0.25) is 5.84 Å². The summed E-state index contributed by atoms with van der Waals surface area (Å²) in [6, 6.07) is 3.77. The smallest absolute Gasteiger partial charge is 0.245 e. The summed E-state index contributed by atoms with van der Waals surface area (Å²) in [5, 5.41) is 0. The van der Waals surface area contributed by atoms with Crippen LogP contribution in [0.2, 0.25) is 0 Å². The number of morpholine rings is 1. The van der Waals surface area contributed by atoms with Crippen LogP contribution in [0, 0.1) is 0 Å². The van der Waals surface area contributed by atoms with Crippen LogP contribution in [0.3, 0.4) is 0 Å². The Bertz CT molecular complexity index is 724. The molecule has 1 aromatic carbocycles. The minimum Gasteiger partial charge on any atom is -0.379 e. The maximum atomic E-state index is 12.6. The van der Waals surface area contributed by atoms with Gasteiger partial charge in [0.15, 0.2) is 9.84 Å². The molecule has 0 spiro atoms. The quantitative estimate of drug-likeness (QED) is 0.557. The molecule has 0 aliphatic carbocycles. The van der Waals surface area contributed by atoms with Crippen LogP contribution in [0.4, 0.5) is 5.69 Å². The van der Waals surface area contributed by atoms with Crippen molar-refractivity contribution >= 4 is 25.5 Å². The molecule has 0 amide bonds. The highest BCUT2D eigenvalue weighted by Gasteiger charge is 2.29. The highest BCUT2D eigenvalue weighted by Crippen LogP contribution is 2.27. The molecule has 0 aromatic heterocycles. The number of nitrogens with one attached hydrogen (secondary N) is 1. The van der Waals surface area contributed by atoms with E-state index in [1.54, 1.807) is 0 Å². The number of nitrogens with two attached hydrogens (primary N) is 1. The van der Waals surface area contributed by atoms with Crippen molar-refractivity contribution in [3.05, 3.63) is 18.2 Å². The summed E-state index contributed by atoms with van der Waals surface area (Å²) in [6.07, 6.45) is 1.02. The number of sulfonamides is 1. The van der Waals surface area contributed by atoms with Crippen molar-refractivity contribution in [1.82, 2.24) is 4.31 Å². The van der Waals surface area contributed by atoms with Gasteiger partial charge in [0.1, 0.15) is 4.90 Å². The van der Waals surface area contributed by atoms with E-state index in [0.717, 1.165) is 12.3 Å². The molecule has 1 aliphatic rings. The molecule has 10 heteroatoms. The van der Waals surface area contributed by atoms with Gasteiger partial charge in [0.2, 0.25) is 10.0 Å². The predicted molar refractivity (Wildman–Crippen MR) is 76.9 cm³/mol. The topological polar surface area (TPSA) is 119 Å². The molecule has 1 aromatic rings. The third-order valence-corrected chi connectivity index (χ3v) is 6.17. The first kappa shape index (κ1) is 16.2. The maximum absolute atomic E-state index is 12.6. The molecule has 21 heavy (non-hydrogen) atoms. The Kier molecular flexibility index (Phi) is 4.54. The zero-order valence-electron chi connectivity index (χ0n) is 11.4. The van der Waals surface area contributed by atoms with E-state index in [1.165, 1.54) is 16.4 Å². The van der Waals surface area contributed by atoms with Crippen LogP contribution in [-0.2, 0) is 24.6 Å². The van der Waals surface area contributed by atoms with Gasteiger partial charge in [-0.25, -0.2) is 16.8 Å². The number of hydrogen-bond acceptors (Lipinski definition) is 7. The van der Waals surface area contributed by atoms with Gasteiger partial charge in [-0.1, -0.05) is 0 Å². The Morgan fingerprint density at radius 2 is 1.81 bits per heavy atom. The van der Waals surface area contributed by atoms with E-state index in [0.29, 0.717) is 13.2 Å². The summed E-state index contributed by atoms with van der Waals surface area (Å²) < 4.78 is 54.8. The van der Waals surface area contributed by atoms with Gasteiger partial charge in [0, 0.05) is 19.3 Å². The van der Waals surface area contributed by atoms with Gasteiger partial charge >= 0.3 is 0 Å². The third kappa shape index (κ3) is 3.35. The molecular weight excluding hydrogens is 318 g/mol. The summed E-state index contributed by atoms with van der Waals surface area (Å²) in [7, 11) is -7.36. The lowest BCUT2D eigenvalue weighted by atomic mass is 10.3. The number of nitrogen functional groups attached to an aromatic ring is 1. The number of benzene rings is 1. The molecular formula is C11H17N3O5S2. The number of hydrogen-bond donors (Lipinski definition) is 2. The number of rotatable bonds is 4. The molecule has 1 saturated heterocycles. The Labute approximate surface area is 123 Å². The summed E-state index contributed by atoms with van der Waals surface area (Å²) >= 11 is 0. The summed E-state index contributed by atoms with van der Waals surface area (Å²) in [5.41, 5.74) is 2.43. The minimum atomic E-state index is -3.84. The molecule has 0 atom stereocenters. The fraction of sp³-hybridized carbons (Fsp3) is 0.455. The number of sulfone groups is 1. The summed E-state index contributed by atoms with van der Waals surface area (Å²) in [5.74, 6) is 5.33. The predicted octanol–water partition coefficient (Wildman–Crippen LogP) is -0.603. The largest absolute Gasteiger partial charge is 0.379 e. The average molecular weight is 335 g/mol. The van der Waals surface area contributed by atoms with Gasteiger partial charge in [0.25, 0.3) is 0 Å². The summed E-state index contributed by atoms with van der Waals surface area (Å²) in [6.45, 7) is 1.04. The van der Waals surface area contributed by atoms with Crippen LogP contribution < -0.4 is 11.3 Å². The number of nitrogens with zero attached hydrogens (tertiary/aromatic N) is 1. The van der Waals surface area contributed by atoms with Crippen molar-refractivity contribution in [1.29, 1.82) is 0 Å². The van der Waals surface area contributed by atoms with Crippen molar-refractivity contribution in [2.75, 3.05) is 38.0 Å². The molecule has 0 bridgehead atoms. The van der Waals surface area contributed by atoms with Gasteiger partial charge < -0.3 is 10.2 Å². The Morgan fingerprint density at radius 1 is 1.19 bits per heavy atom. The van der Waals surface area contributed by atoms with Crippen LogP contribution in [0.1, 0.15) is 0 Å². The summed E-state index contributed by atoms with van der Waals surface area (Å²) in [4.78, 5) is -0.233. The second-order valence-electron chi connectivity index (χ2n) is 4.59. The Hall–Kier alpha value is -1.20. The first-order valence-corrected chi connectivity index (χ1v) is 9.48. The molecule has 0 radical (unpaired) electrons. The van der Waals surface area contributed by atoms with E-state index in [1.807, 2.05) is 0 Å². The van der Waals surface area contributed by atoms with Crippen LogP contribution >= 0.6 is 0 Å². The first-order valence-electron chi connectivity index (χ1n) is 6.15. The van der Waals surface area contributed by atoms with E-state index < -0.39 is 19.9 Å². The van der Waals surface area contributed by atoms with Crippen molar-refractivity contribution in [2.24, 2.45) is 5.84 Å². The van der Waals surface area contributed by atoms with Gasteiger partial charge in [-0.15, -0.1) is 0 Å². The van der Waals surface area contributed by atoms with Gasteiger partial charge in [0.05, 0.1) is 23.8 Å². The average Bonchev–Trinajstić information content (AvgIpc) is 2.46. The highest BCUT2D eigenvalue weighted by atomic mass is 32.2. The Balaban J connectivity index is 2.54. The lowest BCUT2D eigenvalue weighted by molar-refractivity contribution is 0.0730. The zero-order valence-corrected chi connectivity index (χ0v) is 13.1. The van der Waals surface area contributed by atoms with Gasteiger partial charge in [-0.05, 0) is 18.2 Å². The van der Waals surface area contributed by atoms with E-state index in [9.17, 15) is 16.8 Å². The number of hydrazine groups is 1. The maximum Gasteiger partial charge on any atom is 0.245 e. The lowest BCUT2D eigenvalue weighted by Crippen LogP contribution is -2.41. The van der Waals surface area contributed by atoms with Crippen molar-refractivity contribution in [3.8, 4) is 0 Å².